The number of H-pyrrole nitrogens is 2. The van der Waals surface area contributed by atoms with Crippen molar-refractivity contribution in [3.05, 3.63) is 34.9 Å². The van der Waals surface area contributed by atoms with E-state index in [1.54, 1.807) is 6.07 Å². The molecule has 0 atom stereocenters. The maximum absolute atomic E-state index is 12.2. The van der Waals surface area contributed by atoms with E-state index in [-0.39, 0.29) is 28.4 Å². The van der Waals surface area contributed by atoms with Crippen molar-refractivity contribution >= 4 is 16.0 Å². The van der Waals surface area contributed by atoms with Crippen LogP contribution in [0.25, 0.3) is 0 Å². The first-order chi connectivity index (χ1) is 9.33. The minimum absolute atomic E-state index is 0.0329. The molecule has 0 aliphatic heterocycles. The Bertz CT molecular complexity index is 731. The highest BCUT2D eigenvalue weighted by atomic mass is 32.2. The van der Waals surface area contributed by atoms with Crippen LogP contribution in [0.15, 0.2) is 17.2 Å². The van der Waals surface area contributed by atoms with Crippen molar-refractivity contribution in [2.24, 2.45) is 0 Å². The molecular formula is C11H14N4O4S. The molecule has 0 bridgehead atoms. The number of carboxylic acid groups (broad SMARTS) is 1. The number of sulfonamides is 1. The number of hydrogen-bond donors (Lipinski definition) is 4. The van der Waals surface area contributed by atoms with Gasteiger partial charge in [-0.3, -0.25) is 5.10 Å². The van der Waals surface area contributed by atoms with E-state index in [1.807, 2.05) is 0 Å². The van der Waals surface area contributed by atoms with Gasteiger partial charge in [-0.1, -0.05) is 0 Å². The monoisotopic (exact) mass is 298 g/mol. The number of nitrogens with one attached hydrogen (secondary N) is 3. The van der Waals surface area contributed by atoms with Gasteiger partial charge < -0.3 is 10.1 Å². The first-order valence-corrected chi connectivity index (χ1v) is 7.21. The zero-order valence-corrected chi connectivity index (χ0v) is 11.7. The standard InChI is InChI=1S/C11H14N4O4S/c1-6-9(11(16)17)14-7(2)10(6)20(18,19)13-5-8-3-4-12-15-8/h3-4,13-14H,5H2,1-2H3,(H,12,15)(H,16,17). The molecule has 0 unspecified atom stereocenters. The lowest BCUT2D eigenvalue weighted by Crippen LogP contribution is -2.24. The molecule has 0 aromatic carbocycles. The summed E-state index contributed by atoms with van der Waals surface area (Å²) in [6.07, 6.45) is 1.51. The zero-order valence-electron chi connectivity index (χ0n) is 10.9. The van der Waals surface area contributed by atoms with E-state index in [4.69, 9.17) is 5.11 Å². The quantitative estimate of drug-likeness (QED) is 0.640. The molecule has 0 saturated heterocycles. The highest BCUT2D eigenvalue weighted by Crippen LogP contribution is 2.23. The van der Waals surface area contributed by atoms with Crippen molar-refractivity contribution in [2.75, 3.05) is 0 Å². The van der Waals surface area contributed by atoms with E-state index in [1.165, 1.54) is 20.0 Å². The predicted octanol–water partition coefficient (Wildman–Crippen LogP) is 0.531. The highest BCUT2D eigenvalue weighted by Gasteiger charge is 2.26. The Morgan fingerprint density at radius 2 is 2.15 bits per heavy atom. The van der Waals surface area contributed by atoms with Crippen LogP contribution >= 0.6 is 0 Å². The van der Waals surface area contributed by atoms with Gasteiger partial charge in [-0.25, -0.2) is 17.9 Å². The number of nitrogens with zero attached hydrogens (tertiary/aromatic N) is 1. The minimum atomic E-state index is -3.80. The van der Waals surface area contributed by atoms with E-state index < -0.39 is 16.0 Å². The largest absolute Gasteiger partial charge is 0.477 e. The van der Waals surface area contributed by atoms with Crippen LogP contribution in [0.3, 0.4) is 0 Å². The number of carbonyl (C=O) groups is 1. The first kappa shape index (κ1) is 14.3. The summed E-state index contributed by atoms with van der Waals surface area (Å²) in [5, 5.41) is 15.3. The Kier molecular flexibility index (Phi) is 3.64. The lowest BCUT2D eigenvalue weighted by Gasteiger charge is -2.06. The van der Waals surface area contributed by atoms with Gasteiger partial charge in [-0.15, -0.1) is 0 Å². The second kappa shape index (κ2) is 5.10. The molecule has 108 valence electrons. The third-order valence-corrected chi connectivity index (χ3v) is 4.54. The Morgan fingerprint density at radius 3 is 2.65 bits per heavy atom. The van der Waals surface area contributed by atoms with Gasteiger partial charge in [0, 0.05) is 17.5 Å². The average Bonchev–Trinajstić information content (AvgIpc) is 2.95. The van der Waals surface area contributed by atoms with Crippen LogP contribution in [0.2, 0.25) is 0 Å². The number of hydrogen-bond acceptors (Lipinski definition) is 4. The molecule has 20 heavy (non-hydrogen) atoms. The molecular weight excluding hydrogens is 284 g/mol. The second-order valence-corrected chi connectivity index (χ2v) is 5.99. The number of aryl methyl sites for hydroxylation is 1. The molecule has 0 amide bonds. The summed E-state index contributed by atoms with van der Waals surface area (Å²) in [6, 6.07) is 1.64. The Balaban J connectivity index is 2.32. The van der Waals surface area contributed by atoms with Gasteiger partial charge in [0.2, 0.25) is 10.0 Å². The van der Waals surface area contributed by atoms with Crippen LogP contribution in [0.4, 0.5) is 0 Å². The number of aromatic carboxylic acids is 1. The normalized spacial score (nSPS) is 11.7. The predicted molar refractivity (Wildman–Crippen MR) is 69.8 cm³/mol. The number of aromatic nitrogens is 3. The highest BCUT2D eigenvalue weighted by molar-refractivity contribution is 7.89. The first-order valence-electron chi connectivity index (χ1n) is 5.73. The van der Waals surface area contributed by atoms with Gasteiger partial charge in [0.1, 0.15) is 10.6 Å². The fourth-order valence-corrected chi connectivity index (χ4v) is 3.43. The van der Waals surface area contributed by atoms with Crippen molar-refractivity contribution in [3.63, 3.8) is 0 Å². The minimum Gasteiger partial charge on any atom is -0.477 e. The van der Waals surface area contributed by atoms with Gasteiger partial charge in [0.25, 0.3) is 0 Å². The van der Waals surface area contributed by atoms with Crippen LogP contribution in [0.5, 0.6) is 0 Å². The Labute approximate surface area is 115 Å². The summed E-state index contributed by atoms with van der Waals surface area (Å²) in [5.41, 5.74) is 0.964. The smallest absolute Gasteiger partial charge is 0.352 e. The number of carboxylic acids is 1. The van der Waals surface area contributed by atoms with Crippen molar-refractivity contribution in [1.29, 1.82) is 0 Å². The lowest BCUT2D eigenvalue weighted by molar-refractivity contribution is 0.0690. The summed E-state index contributed by atoms with van der Waals surface area (Å²) in [6.45, 7) is 3.02. The third kappa shape index (κ3) is 2.58. The summed E-state index contributed by atoms with van der Waals surface area (Å²) in [7, 11) is -3.80. The lowest BCUT2D eigenvalue weighted by atomic mass is 10.2. The van der Waals surface area contributed by atoms with Crippen molar-refractivity contribution < 1.29 is 18.3 Å². The van der Waals surface area contributed by atoms with Crippen LogP contribution in [-0.4, -0.2) is 34.7 Å². The SMILES string of the molecule is Cc1[nH]c(C(=O)O)c(C)c1S(=O)(=O)NCc1ccn[nH]1. The zero-order chi connectivity index (χ0) is 14.9. The van der Waals surface area contributed by atoms with Crippen LogP contribution < -0.4 is 4.72 Å². The van der Waals surface area contributed by atoms with Crippen molar-refractivity contribution in [1.82, 2.24) is 19.9 Å². The second-order valence-electron chi connectivity index (χ2n) is 4.29. The Hall–Kier alpha value is -2.13. The molecule has 8 nitrogen and oxygen atoms in total. The number of aromatic amines is 2. The van der Waals surface area contributed by atoms with Crippen molar-refractivity contribution in [2.45, 2.75) is 25.3 Å². The maximum atomic E-state index is 12.2. The summed E-state index contributed by atoms with van der Waals surface area (Å²) in [4.78, 5) is 13.5. The van der Waals surface area contributed by atoms with Crippen LogP contribution in [0, 0.1) is 13.8 Å². The molecule has 0 aliphatic rings. The summed E-state index contributed by atoms with van der Waals surface area (Å²) < 4.78 is 26.9. The molecule has 2 heterocycles. The third-order valence-electron chi connectivity index (χ3n) is 2.86. The maximum Gasteiger partial charge on any atom is 0.352 e. The molecule has 2 rings (SSSR count). The van der Waals surface area contributed by atoms with E-state index >= 15 is 0 Å². The fraction of sp³-hybridized carbons (Fsp3) is 0.273. The van der Waals surface area contributed by atoms with Gasteiger partial charge >= 0.3 is 5.97 Å². The molecule has 2 aromatic rings. The van der Waals surface area contributed by atoms with Gasteiger partial charge in [-0.2, -0.15) is 5.10 Å². The van der Waals surface area contributed by atoms with Crippen LogP contribution in [-0.2, 0) is 16.6 Å². The summed E-state index contributed by atoms with van der Waals surface area (Å²) >= 11 is 0. The molecule has 0 saturated carbocycles. The molecule has 9 heteroatoms. The van der Waals surface area contributed by atoms with Gasteiger partial charge in [0.15, 0.2) is 0 Å². The summed E-state index contributed by atoms with van der Waals surface area (Å²) in [5.74, 6) is -1.19. The topological polar surface area (TPSA) is 128 Å². The fourth-order valence-electron chi connectivity index (χ4n) is 1.98. The van der Waals surface area contributed by atoms with Gasteiger partial charge in [-0.05, 0) is 19.9 Å². The molecule has 0 aliphatic carbocycles. The molecule has 2 aromatic heterocycles. The molecule has 0 fully saturated rings. The van der Waals surface area contributed by atoms with E-state index in [0.717, 1.165) is 0 Å². The van der Waals surface area contributed by atoms with Crippen LogP contribution in [0.1, 0.15) is 27.4 Å². The molecule has 0 spiro atoms. The van der Waals surface area contributed by atoms with E-state index in [0.29, 0.717) is 5.69 Å². The Morgan fingerprint density at radius 1 is 1.45 bits per heavy atom. The van der Waals surface area contributed by atoms with Crippen molar-refractivity contribution in [3.8, 4) is 0 Å². The van der Waals surface area contributed by atoms with E-state index in [9.17, 15) is 13.2 Å². The average molecular weight is 298 g/mol. The molecule has 4 N–H and O–H groups in total. The number of rotatable bonds is 5. The molecule has 0 radical (unpaired) electrons. The van der Waals surface area contributed by atoms with E-state index in [2.05, 4.69) is 19.9 Å². The van der Waals surface area contributed by atoms with Gasteiger partial charge in [0.05, 0.1) is 12.2 Å².